The highest BCUT2D eigenvalue weighted by molar-refractivity contribution is 5.84. The second-order valence-electron chi connectivity index (χ2n) is 5.19. The van der Waals surface area contributed by atoms with Crippen LogP contribution in [0, 0.1) is 11.3 Å². The number of ether oxygens (including phenoxy) is 2. The Bertz CT molecular complexity index is 873. The second kappa shape index (κ2) is 8.12. The number of nitriles is 1. The third kappa shape index (κ3) is 4.16. The van der Waals surface area contributed by atoms with Crippen molar-refractivity contribution < 1.29 is 23.0 Å². The molecule has 0 fully saturated rings. The second-order valence-corrected chi connectivity index (χ2v) is 5.19. The van der Waals surface area contributed by atoms with Gasteiger partial charge in [-0.1, -0.05) is 18.2 Å². The molecule has 7 heteroatoms. The highest BCUT2D eigenvalue weighted by Gasteiger charge is 2.35. The van der Waals surface area contributed by atoms with E-state index in [9.17, 15) is 18.8 Å². The minimum Gasteiger partial charge on any atom is -0.493 e. The zero-order chi connectivity index (χ0) is 19.2. The van der Waals surface area contributed by atoms with Gasteiger partial charge in [0, 0.05) is 11.3 Å². The molecule has 0 saturated heterocycles. The summed E-state index contributed by atoms with van der Waals surface area (Å²) in [5, 5.41) is 11.1. The molecular weight excluding hydrogens is 342 g/mol. The van der Waals surface area contributed by atoms with Crippen LogP contribution in [0.1, 0.15) is 15.9 Å². The van der Waals surface area contributed by atoms with Crippen LogP contribution in [0.25, 0.3) is 6.08 Å². The molecule has 0 aliphatic carbocycles. The number of rotatable bonds is 7. The van der Waals surface area contributed by atoms with Gasteiger partial charge in [0.2, 0.25) is 0 Å². The summed E-state index contributed by atoms with van der Waals surface area (Å²) < 4.78 is 39.3. The normalized spacial score (nSPS) is 11.4. The smallest absolute Gasteiger partial charge is 0.360 e. The van der Waals surface area contributed by atoms with Crippen molar-refractivity contribution in [3.63, 3.8) is 0 Å². The molecule has 0 aliphatic heterocycles. The first-order valence-electron chi connectivity index (χ1n) is 7.49. The molecule has 0 heterocycles. The number of benzene rings is 2. The lowest BCUT2D eigenvalue weighted by atomic mass is 10.1. The summed E-state index contributed by atoms with van der Waals surface area (Å²) in [6.07, 6.45) is 1.50. The summed E-state index contributed by atoms with van der Waals surface area (Å²) in [6.45, 7) is 0. The van der Waals surface area contributed by atoms with Crippen molar-refractivity contribution in [2.24, 2.45) is 0 Å². The highest BCUT2D eigenvalue weighted by atomic mass is 19.3. The van der Waals surface area contributed by atoms with Gasteiger partial charge >= 0.3 is 6.05 Å². The first kappa shape index (κ1) is 18.9. The topological polar surface area (TPSA) is 71.3 Å². The number of halogens is 2. The molecule has 0 spiro atoms. The van der Waals surface area contributed by atoms with Gasteiger partial charge in [0.15, 0.2) is 17.8 Å². The number of aldehydes is 1. The number of alkyl halides is 2. The van der Waals surface area contributed by atoms with E-state index in [4.69, 9.17) is 9.47 Å². The molecule has 0 aliphatic rings. The number of nitrogens with one attached hydrogen (secondary N) is 1. The number of carbonyl (C=O) groups excluding carboxylic acids is 1. The Hall–Kier alpha value is -3.40. The monoisotopic (exact) mass is 358 g/mol. The Kier molecular flexibility index (Phi) is 5.91. The van der Waals surface area contributed by atoms with E-state index >= 15 is 0 Å². The highest BCUT2D eigenvalue weighted by Crippen LogP contribution is 2.32. The van der Waals surface area contributed by atoms with Crippen molar-refractivity contribution in [1.29, 1.82) is 5.26 Å². The lowest BCUT2D eigenvalue weighted by molar-refractivity contribution is 0.0801. The van der Waals surface area contributed by atoms with Crippen molar-refractivity contribution in [3.05, 3.63) is 59.2 Å². The third-order valence-corrected chi connectivity index (χ3v) is 3.56. The van der Waals surface area contributed by atoms with Crippen LogP contribution in [0.15, 0.2) is 48.0 Å². The largest absolute Gasteiger partial charge is 0.493 e. The fourth-order valence-corrected chi connectivity index (χ4v) is 2.25. The fraction of sp³-hybridized carbons (Fsp3) is 0.158. The maximum absolute atomic E-state index is 14.5. The van der Waals surface area contributed by atoms with Crippen LogP contribution in [0.2, 0.25) is 0 Å². The minimum absolute atomic E-state index is 0.0654. The van der Waals surface area contributed by atoms with E-state index in [1.54, 1.807) is 12.1 Å². The number of nitrogens with zero attached hydrogens (tertiary/aromatic N) is 1. The summed E-state index contributed by atoms with van der Waals surface area (Å²) in [7, 11) is 2.87. The zero-order valence-electron chi connectivity index (χ0n) is 14.1. The van der Waals surface area contributed by atoms with Gasteiger partial charge in [0.1, 0.15) is 11.6 Å². The molecule has 2 aromatic carbocycles. The molecule has 0 radical (unpaired) electrons. The molecule has 0 saturated carbocycles. The predicted octanol–water partition coefficient (Wildman–Crippen LogP) is 4.13. The van der Waals surface area contributed by atoms with E-state index < -0.39 is 11.6 Å². The van der Waals surface area contributed by atoms with E-state index in [1.807, 2.05) is 5.32 Å². The minimum atomic E-state index is -3.68. The summed E-state index contributed by atoms with van der Waals surface area (Å²) >= 11 is 0. The molecular formula is C19H16F2N2O3. The quantitative estimate of drug-likeness (QED) is 0.458. The Morgan fingerprint density at radius 3 is 2.46 bits per heavy atom. The molecule has 1 N–H and O–H groups in total. The predicted molar refractivity (Wildman–Crippen MR) is 93.5 cm³/mol. The van der Waals surface area contributed by atoms with Crippen molar-refractivity contribution in [3.8, 4) is 17.6 Å². The van der Waals surface area contributed by atoms with E-state index in [-0.39, 0.29) is 11.3 Å². The first-order valence-corrected chi connectivity index (χ1v) is 7.49. The van der Waals surface area contributed by atoms with E-state index in [1.165, 1.54) is 50.6 Å². The number of para-hydroxylation sites is 1. The molecule has 0 bridgehead atoms. The van der Waals surface area contributed by atoms with E-state index in [0.717, 1.165) is 6.08 Å². The van der Waals surface area contributed by atoms with Crippen molar-refractivity contribution in [2.45, 2.75) is 6.05 Å². The SMILES string of the molecule is COc1ccc(/C=C(\C#N)C(F)(F)Nc2ccccc2C=O)cc1OC. The van der Waals surface area contributed by atoms with Gasteiger partial charge in [-0.15, -0.1) is 0 Å². The Morgan fingerprint density at radius 1 is 1.15 bits per heavy atom. The summed E-state index contributed by atoms with van der Waals surface area (Å²) in [5.41, 5.74) is -0.480. The van der Waals surface area contributed by atoms with Crippen LogP contribution < -0.4 is 14.8 Å². The molecule has 0 atom stereocenters. The van der Waals surface area contributed by atoms with Crippen LogP contribution in [-0.2, 0) is 0 Å². The third-order valence-electron chi connectivity index (χ3n) is 3.56. The standard InChI is InChI=1S/C19H16F2N2O3/c1-25-17-8-7-13(10-18(17)26-2)9-15(11-22)19(20,21)23-16-6-4-3-5-14(16)12-24/h3-10,12,23H,1-2H3/b15-9+. The van der Waals surface area contributed by atoms with Gasteiger partial charge < -0.3 is 14.8 Å². The zero-order valence-corrected chi connectivity index (χ0v) is 14.1. The Morgan fingerprint density at radius 2 is 1.85 bits per heavy atom. The molecule has 0 unspecified atom stereocenters. The number of hydrogen-bond acceptors (Lipinski definition) is 5. The molecule has 0 amide bonds. The number of hydrogen-bond donors (Lipinski definition) is 1. The fourth-order valence-electron chi connectivity index (χ4n) is 2.25. The molecule has 5 nitrogen and oxygen atoms in total. The van der Waals surface area contributed by atoms with Gasteiger partial charge in [0.25, 0.3) is 0 Å². The van der Waals surface area contributed by atoms with Crippen LogP contribution >= 0.6 is 0 Å². The average Bonchev–Trinajstić information content (AvgIpc) is 2.65. The van der Waals surface area contributed by atoms with Crippen LogP contribution in [-0.4, -0.2) is 26.6 Å². The summed E-state index contributed by atoms with van der Waals surface area (Å²) in [6, 6.07) is 8.17. The molecule has 2 aromatic rings. The lowest BCUT2D eigenvalue weighted by Crippen LogP contribution is -2.30. The summed E-state index contributed by atoms with van der Waals surface area (Å²) in [5.74, 6) is 0.786. The molecule has 0 aromatic heterocycles. The molecule has 2 rings (SSSR count). The van der Waals surface area contributed by atoms with E-state index in [0.29, 0.717) is 23.3 Å². The van der Waals surface area contributed by atoms with Crippen LogP contribution in [0.5, 0.6) is 11.5 Å². The van der Waals surface area contributed by atoms with Crippen LogP contribution in [0.4, 0.5) is 14.5 Å². The summed E-state index contributed by atoms with van der Waals surface area (Å²) in [4.78, 5) is 11.0. The first-order chi connectivity index (χ1) is 12.4. The Labute approximate surface area is 149 Å². The number of methoxy groups -OCH3 is 2. The molecule has 134 valence electrons. The van der Waals surface area contributed by atoms with Crippen LogP contribution in [0.3, 0.4) is 0 Å². The molecule has 26 heavy (non-hydrogen) atoms. The van der Waals surface area contributed by atoms with Crippen molar-refractivity contribution in [2.75, 3.05) is 19.5 Å². The van der Waals surface area contributed by atoms with Gasteiger partial charge in [-0.2, -0.15) is 14.0 Å². The van der Waals surface area contributed by atoms with Gasteiger partial charge in [-0.25, -0.2) is 0 Å². The number of carbonyl (C=O) groups is 1. The number of anilines is 1. The maximum atomic E-state index is 14.5. The van der Waals surface area contributed by atoms with Gasteiger partial charge in [-0.3, -0.25) is 4.79 Å². The van der Waals surface area contributed by atoms with Gasteiger partial charge in [-0.05, 0) is 35.9 Å². The average molecular weight is 358 g/mol. The van der Waals surface area contributed by atoms with Crippen molar-refractivity contribution in [1.82, 2.24) is 0 Å². The van der Waals surface area contributed by atoms with E-state index in [2.05, 4.69) is 0 Å². The van der Waals surface area contributed by atoms with Gasteiger partial charge in [0.05, 0.1) is 14.2 Å². The lowest BCUT2D eigenvalue weighted by Gasteiger charge is -2.19. The maximum Gasteiger partial charge on any atom is 0.360 e. The van der Waals surface area contributed by atoms with Crippen molar-refractivity contribution >= 4 is 18.0 Å². The Balaban J connectivity index is 2.38.